The van der Waals surface area contributed by atoms with E-state index in [0.717, 1.165) is 17.0 Å². The van der Waals surface area contributed by atoms with Crippen LogP contribution in [0.1, 0.15) is 54.8 Å². The lowest BCUT2D eigenvalue weighted by Gasteiger charge is -2.44. The van der Waals surface area contributed by atoms with Gasteiger partial charge in [0.15, 0.2) is 5.78 Å². The number of anilines is 1. The summed E-state index contributed by atoms with van der Waals surface area (Å²) in [4.78, 5) is 57.3. The second-order valence-corrected chi connectivity index (χ2v) is 11.3. The number of carbonyl (C=O) groups is 4. The van der Waals surface area contributed by atoms with Crippen molar-refractivity contribution in [3.05, 3.63) is 76.5 Å². The average Bonchev–Trinajstić information content (AvgIpc) is 3.37. The van der Waals surface area contributed by atoms with E-state index in [1.807, 2.05) is 6.07 Å². The zero-order chi connectivity index (χ0) is 30.5. The van der Waals surface area contributed by atoms with Crippen LogP contribution in [0.15, 0.2) is 59.8 Å². The van der Waals surface area contributed by atoms with Crippen LogP contribution < -0.4 is 10.2 Å². The van der Waals surface area contributed by atoms with Crippen LogP contribution in [0.3, 0.4) is 0 Å². The number of nitrogens with zero attached hydrogens (tertiary/aromatic N) is 4. The monoisotopic (exact) mass is 591 g/mol. The van der Waals surface area contributed by atoms with Crippen LogP contribution in [0.5, 0.6) is 0 Å². The Labute approximate surface area is 245 Å². The molecule has 2 aromatic rings. The van der Waals surface area contributed by atoms with E-state index in [9.17, 15) is 37.6 Å². The number of piperidine rings is 2. The van der Waals surface area contributed by atoms with Crippen LogP contribution in [0.25, 0.3) is 0 Å². The first-order chi connectivity index (χ1) is 20.5. The fraction of sp³-hybridized carbons (Fsp3) is 0.387. The second-order valence-electron chi connectivity index (χ2n) is 11.3. The highest BCUT2D eigenvalue weighted by Crippen LogP contribution is 2.45. The fourth-order valence-corrected chi connectivity index (χ4v) is 6.63. The zero-order valence-electron chi connectivity index (χ0n) is 23.1. The van der Waals surface area contributed by atoms with E-state index >= 15 is 0 Å². The van der Waals surface area contributed by atoms with Crippen molar-refractivity contribution >= 4 is 29.3 Å². The third-order valence-corrected chi connectivity index (χ3v) is 8.76. The molecule has 222 valence electrons. The Balaban J connectivity index is 1.39. The van der Waals surface area contributed by atoms with Gasteiger partial charge in [0, 0.05) is 43.2 Å². The van der Waals surface area contributed by atoms with Crippen LogP contribution in [-0.4, -0.2) is 59.1 Å². The number of benzene rings is 2. The number of rotatable bonds is 4. The third kappa shape index (κ3) is 5.24. The van der Waals surface area contributed by atoms with Crippen LogP contribution in [0.4, 0.5) is 23.7 Å². The number of urea groups is 1. The van der Waals surface area contributed by atoms with Crippen molar-refractivity contribution in [2.75, 3.05) is 24.5 Å². The Kier molecular flexibility index (Phi) is 7.20. The summed E-state index contributed by atoms with van der Waals surface area (Å²) in [5.74, 6) is -0.551. The lowest BCUT2D eigenvalue weighted by Crippen LogP contribution is -2.58. The van der Waals surface area contributed by atoms with E-state index in [4.69, 9.17) is 0 Å². The standard InChI is InChI=1S/C31H28F3N5O4/c32-31(33,34)21-2-1-3-22(14-21)39-24-9-10-25(40)28(24)29(19-6-4-18(15-35)5-7-19)38(30(39)43)17-27(42)37-13-12-23-20(16-37)8-11-26(41)36-23/h1-7,14,20,23,29H,8-13,16-17H2,(H,36,41). The molecule has 4 amide bonds. The number of fused-ring (bicyclic) bond motifs is 1. The SMILES string of the molecule is N#Cc1ccc(C2C3=C(CCC3=O)N(c3cccc(C(F)(F)F)c3)C(=O)N2CC(=O)N2CCC3NC(=O)CCC3C2)cc1. The average molecular weight is 592 g/mol. The van der Waals surface area contributed by atoms with Crippen LogP contribution in [0.2, 0.25) is 0 Å². The minimum absolute atomic E-state index is 0.00908. The minimum atomic E-state index is -4.65. The summed E-state index contributed by atoms with van der Waals surface area (Å²) in [6.07, 6.45) is -2.83. The summed E-state index contributed by atoms with van der Waals surface area (Å²) in [7, 11) is 0. The van der Waals surface area contributed by atoms with Crippen molar-refractivity contribution in [3.63, 3.8) is 0 Å². The van der Waals surface area contributed by atoms with E-state index in [1.54, 1.807) is 29.2 Å². The summed E-state index contributed by atoms with van der Waals surface area (Å²) in [6, 6.07) is 11.1. The van der Waals surface area contributed by atoms with Crippen LogP contribution in [0, 0.1) is 17.2 Å². The molecule has 0 saturated carbocycles. The number of carbonyl (C=O) groups excluding carboxylic acids is 4. The van der Waals surface area contributed by atoms with Gasteiger partial charge >= 0.3 is 12.2 Å². The molecule has 0 aromatic heterocycles. The molecule has 3 heterocycles. The number of ketones is 1. The van der Waals surface area contributed by atoms with Gasteiger partial charge in [0.05, 0.1) is 28.9 Å². The van der Waals surface area contributed by atoms with Gasteiger partial charge < -0.3 is 15.1 Å². The number of likely N-dealkylation sites (tertiary alicyclic amines) is 1. The van der Waals surface area contributed by atoms with E-state index in [-0.39, 0.29) is 53.7 Å². The van der Waals surface area contributed by atoms with Crippen LogP contribution >= 0.6 is 0 Å². The summed E-state index contributed by atoms with van der Waals surface area (Å²) in [6.45, 7) is 0.360. The molecule has 1 N–H and O–H groups in total. The van der Waals surface area contributed by atoms with E-state index in [2.05, 4.69) is 5.32 Å². The van der Waals surface area contributed by atoms with Gasteiger partial charge in [-0.15, -0.1) is 0 Å². The van der Waals surface area contributed by atoms with E-state index in [0.29, 0.717) is 49.2 Å². The molecule has 3 unspecified atom stereocenters. The molecule has 2 fully saturated rings. The molecule has 3 aliphatic heterocycles. The van der Waals surface area contributed by atoms with Crippen LogP contribution in [-0.2, 0) is 20.6 Å². The molecule has 6 rings (SSSR count). The van der Waals surface area contributed by atoms with Crippen molar-refractivity contribution in [2.45, 2.75) is 50.4 Å². The van der Waals surface area contributed by atoms with Gasteiger partial charge in [-0.25, -0.2) is 4.79 Å². The van der Waals surface area contributed by atoms with Gasteiger partial charge in [-0.2, -0.15) is 18.4 Å². The van der Waals surface area contributed by atoms with Crippen molar-refractivity contribution in [3.8, 4) is 6.07 Å². The Bertz CT molecular complexity index is 1580. The first kappa shape index (κ1) is 28.5. The largest absolute Gasteiger partial charge is 0.416 e. The van der Waals surface area contributed by atoms with Gasteiger partial charge in [0.2, 0.25) is 11.8 Å². The van der Waals surface area contributed by atoms with Gasteiger partial charge in [-0.3, -0.25) is 19.3 Å². The summed E-state index contributed by atoms with van der Waals surface area (Å²) >= 11 is 0. The molecule has 0 radical (unpaired) electrons. The minimum Gasteiger partial charge on any atom is -0.353 e. The number of Topliss-reactive ketones (excluding diaryl/α,β-unsaturated/α-hetero) is 1. The molecule has 3 atom stereocenters. The number of amides is 4. The molecule has 1 aliphatic carbocycles. The van der Waals surface area contributed by atoms with Crippen molar-refractivity contribution < 1.29 is 32.3 Å². The molecule has 0 spiro atoms. The summed E-state index contributed by atoms with van der Waals surface area (Å²) in [5.41, 5.74) is 0.461. The molecular weight excluding hydrogens is 563 g/mol. The number of hydrogen-bond acceptors (Lipinski definition) is 5. The number of hydrogen-bond donors (Lipinski definition) is 1. The zero-order valence-corrected chi connectivity index (χ0v) is 23.1. The number of nitriles is 1. The summed E-state index contributed by atoms with van der Waals surface area (Å²) < 4.78 is 40.9. The predicted molar refractivity (Wildman–Crippen MR) is 147 cm³/mol. The normalized spacial score (nSPS) is 24.0. The molecular formula is C31H28F3N5O4. The first-order valence-electron chi connectivity index (χ1n) is 14.2. The Morgan fingerprint density at radius 1 is 1.02 bits per heavy atom. The highest BCUT2D eigenvalue weighted by atomic mass is 19.4. The maximum atomic E-state index is 14.3. The molecule has 4 aliphatic rings. The van der Waals surface area contributed by atoms with Crippen molar-refractivity contribution in [1.29, 1.82) is 5.26 Å². The number of nitrogens with one attached hydrogen (secondary N) is 1. The maximum absolute atomic E-state index is 14.3. The Hall–Kier alpha value is -4.66. The van der Waals surface area contributed by atoms with E-state index < -0.39 is 30.4 Å². The smallest absolute Gasteiger partial charge is 0.353 e. The lowest BCUT2D eigenvalue weighted by molar-refractivity contribution is -0.138. The molecule has 9 nitrogen and oxygen atoms in total. The van der Waals surface area contributed by atoms with E-state index in [1.165, 1.54) is 17.0 Å². The van der Waals surface area contributed by atoms with Gasteiger partial charge in [0.1, 0.15) is 6.54 Å². The molecule has 0 bridgehead atoms. The molecule has 2 saturated heterocycles. The Morgan fingerprint density at radius 2 is 1.79 bits per heavy atom. The highest BCUT2D eigenvalue weighted by molar-refractivity contribution is 6.08. The number of allylic oxidation sites excluding steroid dienone is 1. The Morgan fingerprint density at radius 3 is 2.51 bits per heavy atom. The quantitative estimate of drug-likeness (QED) is 0.570. The number of halogens is 3. The maximum Gasteiger partial charge on any atom is 0.416 e. The van der Waals surface area contributed by atoms with Crippen molar-refractivity contribution in [1.82, 2.24) is 15.1 Å². The second kappa shape index (κ2) is 10.9. The third-order valence-electron chi connectivity index (χ3n) is 8.76. The summed E-state index contributed by atoms with van der Waals surface area (Å²) in [5, 5.41) is 12.3. The topological polar surface area (TPSA) is 114 Å². The molecule has 2 aromatic carbocycles. The van der Waals surface area contributed by atoms with Gasteiger partial charge in [-0.1, -0.05) is 18.2 Å². The lowest BCUT2D eigenvalue weighted by atomic mass is 9.85. The first-order valence-corrected chi connectivity index (χ1v) is 14.2. The fourth-order valence-electron chi connectivity index (χ4n) is 6.63. The van der Waals surface area contributed by atoms with Gasteiger partial charge in [0.25, 0.3) is 0 Å². The number of alkyl halides is 3. The molecule has 43 heavy (non-hydrogen) atoms. The van der Waals surface area contributed by atoms with Crippen molar-refractivity contribution in [2.24, 2.45) is 5.92 Å². The predicted octanol–water partition coefficient (Wildman–Crippen LogP) is 4.30. The highest BCUT2D eigenvalue weighted by Gasteiger charge is 2.47. The molecule has 12 heteroatoms. The van der Waals surface area contributed by atoms with Gasteiger partial charge in [-0.05, 0) is 61.1 Å².